The molecule has 0 aromatic carbocycles. The second kappa shape index (κ2) is 10.6. The third kappa shape index (κ3) is 6.90. The van der Waals surface area contributed by atoms with Crippen molar-refractivity contribution in [1.82, 2.24) is 4.90 Å². The van der Waals surface area contributed by atoms with Crippen molar-refractivity contribution >= 4 is 19.0 Å². The number of likely N-dealkylation sites (tertiary alicyclic amines) is 1. The van der Waals surface area contributed by atoms with Crippen LogP contribution in [0.5, 0.6) is 0 Å². The smallest absolute Gasteiger partial charge is 0.451 e. The van der Waals surface area contributed by atoms with Gasteiger partial charge in [0.2, 0.25) is 5.91 Å². The summed E-state index contributed by atoms with van der Waals surface area (Å²) < 4.78 is 0. The third-order valence-corrected chi connectivity index (χ3v) is 3.47. The van der Waals surface area contributed by atoms with Crippen LogP contribution in [0.15, 0.2) is 0 Å². The molecule has 0 saturated carbocycles. The third-order valence-electron chi connectivity index (χ3n) is 3.47. The molecule has 6 N–H and O–H groups in total. The van der Waals surface area contributed by atoms with Gasteiger partial charge in [-0.1, -0.05) is 6.42 Å². The molecule has 2 atom stereocenters. The molecule has 1 rings (SSSR count). The second-order valence-corrected chi connectivity index (χ2v) is 4.89. The molecule has 0 radical (unpaired) electrons. The largest absolute Gasteiger partial charge is 0.481 e. The number of aliphatic hydroxyl groups excluding tert-OH is 1. The number of nitrogens with two attached hydrogens (primary N) is 1. The van der Waals surface area contributed by atoms with Crippen molar-refractivity contribution in [3.8, 4) is 0 Å². The van der Waals surface area contributed by atoms with Gasteiger partial charge >= 0.3 is 13.1 Å². The van der Waals surface area contributed by atoms with E-state index in [1.165, 1.54) is 11.9 Å². The van der Waals surface area contributed by atoms with E-state index in [4.69, 9.17) is 20.3 Å². The fourth-order valence-corrected chi connectivity index (χ4v) is 2.46. The molecule has 1 aliphatic rings. The standard InChI is InChI=1S/C11H20BNO6.CH5N/c14-5-3-10(15)13-6-8(2-1-4-12(18)19)9(7-13)11(16)17;1-2/h8-9,14,18-19H,1-7H2,(H,16,17);2H2,1H3. The van der Waals surface area contributed by atoms with E-state index in [1.54, 1.807) is 0 Å². The van der Waals surface area contributed by atoms with E-state index in [9.17, 15) is 9.59 Å². The molecular formula is C12H25BN2O6. The minimum Gasteiger partial charge on any atom is -0.481 e. The van der Waals surface area contributed by atoms with Gasteiger partial charge in [-0.15, -0.1) is 0 Å². The van der Waals surface area contributed by atoms with E-state index in [1.807, 2.05) is 0 Å². The number of aliphatic hydroxyl groups is 1. The van der Waals surface area contributed by atoms with Crippen molar-refractivity contribution in [1.29, 1.82) is 0 Å². The van der Waals surface area contributed by atoms with E-state index in [2.05, 4.69) is 5.73 Å². The summed E-state index contributed by atoms with van der Waals surface area (Å²) in [5.41, 5.74) is 4.50. The highest BCUT2D eigenvalue weighted by atomic mass is 16.4. The van der Waals surface area contributed by atoms with Crippen LogP contribution in [0.25, 0.3) is 0 Å². The lowest BCUT2D eigenvalue weighted by Gasteiger charge is -2.15. The van der Waals surface area contributed by atoms with Crippen LogP contribution in [0.1, 0.15) is 19.3 Å². The topological polar surface area (TPSA) is 144 Å². The van der Waals surface area contributed by atoms with Crippen molar-refractivity contribution in [3.05, 3.63) is 0 Å². The average molecular weight is 304 g/mol. The number of nitrogens with zero attached hydrogens (tertiary/aromatic N) is 1. The van der Waals surface area contributed by atoms with E-state index in [0.29, 0.717) is 19.4 Å². The molecule has 0 spiro atoms. The molecule has 0 bridgehead atoms. The molecule has 1 heterocycles. The molecule has 8 nitrogen and oxygen atoms in total. The van der Waals surface area contributed by atoms with Gasteiger partial charge in [-0.3, -0.25) is 9.59 Å². The highest BCUT2D eigenvalue weighted by molar-refractivity contribution is 6.40. The Bertz CT molecular complexity index is 329. The molecule has 9 heteroatoms. The lowest BCUT2D eigenvalue weighted by atomic mass is 9.80. The number of amides is 1. The summed E-state index contributed by atoms with van der Waals surface area (Å²) >= 11 is 0. The van der Waals surface area contributed by atoms with Gasteiger partial charge in [0, 0.05) is 19.5 Å². The molecule has 1 aliphatic heterocycles. The quantitative estimate of drug-likeness (QED) is 0.355. The molecule has 122 valence electrons. The van der Waals surface area contributed by atoms with Gasteiger partial charge in [0.1, 0.15) is 0 Å². The lowest BCUT2D eigenvalue weighted by molar-refractivity contribution is -0.142. The Balaban J connectivity index is 0.00000191. The Hall–Kier alpha value is -1.16. The molecule has 1 fully saturated rings. The van der Waals surface area contributed by atoms with Gasteiger partial charge in [-0.25, -0.2) is 0 Å². The zero-order valence-corrected chi connectivity index (χ0v) is 12.3. The summed E-state index contributed by atoms with van der Waals surface area (Å²) in [5, 5.41) is 35.4. The molecule has 0 aromatic heterocycles. The first-order valence-corrected chi connectivity index (χ1v) is 7.01. The van der Waals surface area contributed by atoms with Gasteiger partial charge in [0.05, 0.1) is 12.5 Å². The van der Waals surface area contributed by atoms with E-state index in [-0.39, 0.29) is 37.7 Å². The first kappa shape index (κ1) is 19.8. The Morgan fingerprint density at radius 3 is 2.38 bits per heavy atom. The zero-order valence-electron chi connectivity index (χ0n) is 12.3. The van der Waals surface area contributed by atoms with Gasteiger partial charge < -0.3 is 30.9 Å². The second-order valence-electron chi connectivity index (χ2n) is 4.89. The van der Waals surface area contributed by atoms with Crippen molar-refractivity contribution in [2.45, 2.75) is 25.6 Å². The highest BCUT2D eigenvalue weighted by Gasteiger charge is 2.38. The Morgan fingerprint density at radius 1 is 1.29 bits per heavy atom. The fourth-order valence-electron chi connectivity index (χ4n) is 2.46. The number of rotatable bonds is 7. The molecule has 0 aromatic rings. The molecule has 0 aliphatic carbocycles. The van der Waals surface area contributed by atoms with Crippen molar-refractivity contribution in [2.75, 3.05) is 26.7 Å². The van der Waals surface area contributed by atoms with Crippen molar-refractivity contribution in [3.63, 3.8) is 0 Å². The summed E-state index contributed by atoms with van der Waals surface area (Å²) in [6.07, 6.45) is 1.26. The minimum absolute atomic E-state index is 0.00835. The normalized spacial score (nSPS) is 20.7. The maximum Gasteiger partial charge on any atom is 0.451 e. The maximum absolute atomic E-state index is 11.6. The first-order chi connectivity index (χ1) is 9.95. The number of hydrogen-bond acceptors (Lipinski definition) is 6. The Kier molecular flexibility index (Phi) is 9.97. The van der Waals surface area contributed by atoms with Crippen LogP contribution in [-0.2, 0) is 9.59 Å². The summed E-state index contributed by atoms with van der Waals surface area (Å²) in [5.74, 6) is -1.95. The molecular weight excluding hydrogens is 279 g/mol. The number of carboxylic acids is 1. The summed E-state index contributed by atoms with van der Waals surface area (Å²) in [7, 11) is 0.122. The number of carbonyl (C=O) groups excluding carboxylic acids is 1. The molecule has 2 unspecified atom stereocenters. The van der Waals surface area contributed by atoms with Gasteiger partial charge in [-0.2, -0.15) is 0 Å². The first-order valence-electron chi connectivity index (χ1n) is 7.01. The average Bonchev–Trinajstić information content (AvgIpc) is 2.85. The highest BCUT2D eigenvalue weighted by Crippen LogP contribution is 2.28. The Labute approximate surface area is 124 Å². The van der Waals surface area contributed by atoms with Crippen LogP contribution in [-0.4, -0.2) is 70.9 Å². The monoisotopic (exact) mass is 304 g/mol. The maximum atomic E-state index is 11.6. The number of carbonyl (C=O) groups is 2. The van der Waals surface area contributed by atoms with Crippen LogP contribution in [0.2, 0.25) is 6.32 Å². The number of hydrogen-bond donors (Lipinski definition) is 5. The summed E-state index contributed by atoms with van der Waals surface area (Å²) in [6, 6.07) is 0. The van der Waals surface area contributed by atoms with Crippen LogP contribution in [0, 0.1) is 11.8 Å². The van der Waals surface area contributed by atoms with Gasteiger partial charge in [0.25, 0.3) is 0 Å². The van der Waals surface area contributed by atoms with Crippen molar-refractivity contribution < 1.29 is 29.9 Å². The van der Waals surface area contributed by atoms with Crippen molar-refractivity contribution in [2.24, 2.45) is 17.6 Å². The summed E-state index contributed by atoms with van der Waals surface area (Å²) in [6.45, 7) is 0.284. The molecule has 1 amide bonds. The van der Waals surface area contributed by atoms with Gasteiger partial charge in [0.15, 0.2) is 0 Å². The molecule has 1 saturated heterocycles. The summed E-state index contributed by atoms with van der Waals surface area (Å²) in [4.78, 5) is 24.3. The van der Waals surface area contributed by atoms with Crippen LogP contribution >= 0.6 is 0 Å². The van der Waals surface area contributed by atoms with Gasteiger partial charge in [-0.05, 0) is 25.7 Å². The Morgan fingerprint density at radius 2 is 1.90 bits per heavy atom. The minimum atomic E-state index is -1.38. The number of aliphatic carboxylic acids is 1. The zero-order chi connectivity index (χ0) is 16.4. The van der Waals surface area contributed by atoms with E-state index < -0.39 is 19.0 Å². The van der Waals surface area contributed by atoms with Crippen LogP contribution in [0.4, 0.5) is 0 Å². The SMILES string of the molecule is CN.O=C(O)C1CN(C(=O)CCO)CC1CCCB(O)O. The van der Waals surface area contributed by atoms with Crippen LogP contribution in [0.3, 0.4) is 0 Å². The molecule has 21 heavy (non-hydrogen) atoms. The lowest BCUT2D eigenvalue weighted by Crippen LogP contribution is -2.30. The van der Waals surface area contributed by atoms with E-state index in [0.717, 1.165) is 0 Å². The predicted octanol–water partition coefficient (Wildman–Crippen LogP) is -1.64. The predicted molar refractivity (Wildman–Crippen MR) is 77.2 cm³/mol. The fraction of sp³-hybridized carbons (Fsp3) is 0.833. The van der Waals surface area contributed by atoms with Crippen LogP contribution < -0.4 is 5.73 Å². The van der Waals surface area contributed by atoms with E-state index >= 15 is 0 Å². The number of carboxylic acid groups (broad SMARTS) is 1.